The van der Waals surface area contributed by atoms with Gasteiger partial charge in [-0.15, -0.1) is 0 Å². The summed E-state index contributed by atoms with van der Waals surface area (Å²) in [5.41, 5.74) is 2.07. The highest BCUT2D eigenvalue weighted by Crippen LogP contribution is 2.19. The topological polar surface area (TPSA) is 42.9 Å². The van der Waals surface area contributed by atoms with E-state index in [2.05, 4.69) is 9.97 Å². The van der Waals surface area contributed by atoms with Crippen molar-refractivity contribution in [2.75, 3.05) is 0 Å². The summed E-state index contributed by atoms with van der Waals surface area (Å²) < 4.78 is 0. The van der Waals surface area contributed by atoms with Gasteiger partial charge in [-0.1, -0.05) is 11.6 Å². The van der Waals surface area contributed by atoms with Gasteiger partial charge in [0.15, 0.2) is 0 Å². The van der Waals surface area contributed by atoms with Crippen molar-refractivity contribution < 1.29 is 4.79 Å². The number of nitrogens with zero attached hydrogens (tertiary/aromatic N) is 2. The quantitative estimate of drug-likeness (QED) is 0.575. The highest BCUT2D eigenvalue weighted by Gasteiger charge is 2.02. The van der Waals surface area contributed by atoms with E-state index in [1.807, 2.05) is 12.1 Å². The van der Waals surface area contributed by atoms with Crippen LogP contribution in [0.1, 0.15) is 10.4 Å². The van der Waals surface area contributed by atoms with Crippen molar-refractivity contribution in [2.24, 2.45) is 0 Å². The normalized spacial score (nSPS) is 9.93. The fourth-order valence-electron chi connectivity index (χ4n) is 1.26. The number of aldehydes is 1. The van der Waals surface area contributed by atoms with Gasteiger partial charge in [0.25, 0.3) is 0 Å². The molecule has 0 saturated carbocycles. The van der Waals surface area contributed by atoms with E-state index in [1.54, 1.807) is 18.5 Å². The molecule has 0 aliphatic heterocycles. The molecule has 0 bridgehead atoms. The molecule has 2 aromatic heterocycles. The summed E-state index contributed by atoms with van der Waals surface area (Å²) >= 11 is 5.79. The minimum absolute atomic E-state index is 0.311. The highest BCUT2D eigenvalue weighted by atomic mass is 35.5. The lowest BCUT2D eigenvalue weighted by atomic mass is 10.1. The monoisotopic (exact) mass is 218 g/mol. The SMILES string of the molecule is O=Cc1cc(Cl)nc(-c2ccncc2)c1. The number of carbonyl (C=O) groups excluding carboxylic acids is 1. The maximum Gasteiger partial charge on any atom is 0.150 e. The van der Waals surface area contributed by atoms with Crippen molar-refractivity contribution in [3.8, 4) is 11.3 Å². The third kappa shape index (κ3) is 2.19. The molecule has 0 radical (unpaired) electrons. The Balaban J connectivity index is 2.53. The van der Waals surface area contributed by atoms with E-state index in [-0.39, 0.29) is 0 Å². The Labute approximate surface area is 91.8 Å². The molecule has 15 heavy (non-hydrogen) atoms. The largest absolute Gasteiger partial charge is 0.298 e. The van der Waals surface area contributed by atoms with E-state index in [0.29, 0.717) is 16.4 Å². The summed E-state index contributed by atoms with van der Waals surface area (Å²) in [4.78, 5) is 18.7. The van der Waals surface area contributed by atoms with E-state index in [4.69, 9.17) is 11.6 Å². The smallest absolute Gasteiger partial charge is 0.150 e. The van der Waals surface area contributed by atoms with Crippen molar-refractivity contribution in [3.05, 3.63) is 47.4 Å². The maximum atomic E-state index is 10.6. The molecule has 0 amide bonds. The minimum atomic E-state index is 0.311. The Morgan fingerprint density at radius 3 is 2.60 bits per heavy atom. The number of halogens is 1. The van der Waals surface area contributed by atoms with E-state index in [9.17, 15) is 4.79 Å². The van der Waals surface area contributed by atoms with Crippen molar-refractivity contribution in [3.63, 3.8) is 0 Å². The predicted octanol–water partition coefficient (Wildman–Crippen LogP) is 2.61. The van der Waals surface area contributed by atoms with Crippen molar-refractivity contribution in [1.29, 1.82) is 0 Å². The molecule has 0 aromatic carbocycles. The predicted molar refractivity (Wildman–Crippen MR) is 57.9 cm³/mol. The molecule has 2 aromatic rings. The number of aromatic nitrogens is 2. The van der Waals surface area contributed by atoms with Gasteiger partial charge in [-0.3, -0.25) is 9.78 Å². The molecule has 3 nitrogen and oxygen atoms in total. The summed E-state index contributed by atoms with van der Waals surface area (Å²) in [5, 5.41) is 0.311. The van der Waals surface area contributed by atoms with Gasteiger partial charge in [-0.2, -0.15) is 0 Å². The van der Waals surface area contributed by atoms with Gasteiger partial charge in [0, 0.05) is 23.5 Å². The van der Waals surface area contributed by atoms with Gasteiger partial charge in [-0.25, -0.2) is 4.98 Å². The van der Waals surface area contributed by atoms with Crippen LogP contribution in [0.5, 0.6) is 0 Å². The molecule has 0 spiro atoms. The summed E-state index contributed by atoms with van der Waals surface area (Å²) in [5.74, 6) is 0. The average Bonchev–Trinajstić information content (AvgIpc) is 2.29. The molecule has 0 unspecified atom stereocenters. The van der Waals surface area contributed by atoms with Crippen molar-refractivity contribution in [1.82, 2.24) is 9.97 Å². The summed E-state index contributed by atoms with van der Waals surface area (Å²) in [7, 11) is 0. The number of hydrogen-bond acceptors (Lipinski definition) is 3. The fraction of sp³-hybridized carbons (Fsp3) is 0. The molecule has 2 heterocycles. The van der Waals surface area contributed by atoms with Crippen LogP contribution in [0.4, 0.5) is 0 Å². The molecule has 0 fully saturated rings. The number of hydrogen-bond donors (Lipinski definition) is 0. The van der Waals surface area contributed by atoms with E-state index >= 15 is 0 Å². The van der Waals surface area contributed by atoms with Crippen LogP contribution in [0.2, 0.25) is 5.15 Å². The van der Waals surface area contributed by atoms with E-state index < -0.39 is 0 Å². The van der Waals surface area contributed by atoms with Gasteiger partial charge in [0.05, 0.1) is 5.69 Å². The van der Waals surface area contributed by atoms with Crippen molar-refractivity contribution >= 4 is 17.9 Å². The third-order valence-corrected chi connectivity index (χ3v) is 2.12. The fourth-order valence-corrected chi connectivity index (χ4v) is 1.47. The zero-order valence-corrected chi connectivity index (χ0v) is 8.48. The Hall–Kier alpha value is -1.74. The molecule has 0 N–H and O–H groups in total. The molecular formula is C11H7ClN2O. The highest BCUT2D eigenvalue weighted by molar-refractivity contribution is 6.29. The summed E-state index contributed by atoms with van der Waals surface area (Å²) in [6.07, 6.45) is 4.08. The molecule has 74 valence electrons. The Morgan fingerprint density at radius 1 is 1.20 bits per heavy atom. The third-order valence-electron chi connectivity index (χ3n) is 1.93. The number of pyridine rings is 2. The van der Waals surface area contributed by atoms with Crippen LogP contribution in [0.25, 0.3) is 11.3 Å². The molecule has 0 saturated heterocycles. The first-order chi connectivity index (χ1) is 7.29. The van der Waals surface area contributed by atoms with Crippen LogP contribution >= 0.6 is 11.6 Å². The molecule has 0 atom stereocenters. The Morgan fingerprint density at radius 2 is 1.93 bits per heavy atom. The van der Waals surface area contributed by atoms with Crippen LogP contribution in [0, 0.1) is 0 Å². The number of carbonyl (C=O) groups is 1. The molecule has 4 heteroatoms. The first-order valence-corrected chi connectivity index (χ1v) is 4.70. The van der Waals surface area contributed by atoms with Gasteiger partial charge < -0.3 is 0 Å². The van der Waals surface area contributed by atoms with Gasteiger partial charge in [0.2, 0.25) is 0 Å². The Kier molecular flexibility index (Phi) is 2.74. The van der Waals surface area contributed by atoms with Gasteiger partial charge >= 0.3 is 0 Å². The molecule has 0 aliphatic rings. The lowest BCUT2D eigenvalue weighted by Crippen LogP contribution is -1.88. The Bertz CT molecular complexity index is 485. The average molecular weight is 219 g/mol. The van der Waals surface area contributed by atoms with Gasteiger partial charge in [-0.05, 0) is 24.3 Å². The second-order valence-corrected chi connectivity index (χ2v) is 3.35. The van der Waals surface area contributed by atoms with Crippen LogP contribution in [-0.4, -0.2) is 16.3 Å². The first-order valence-electron chi connectivity index (χ1n) is 4.33. The second-order valence-electron chi connectivity index (χ2n) is 2.96. The molecule has 2 rings (SSSR count). The zero-order valence-electron chi connectivity index (χ0n) is 7.72. The summed E-state index contributed by atoms with van der Waals surface area (Å²) in [6, 6.07) is 6.84. The van der Waals surface area contributed by atoms with Gasteiger partial charge in [0.1, 0.15) is 11.4 Å². The molecular weight excluding hydrogens is 212 g/mol. The van der Waals surface area contributed by atoms with Crippen LogP contribution in [0.3, 0.4) is 0 Å². The molecule has 0 aliphatic carbocycles. The lowest BCUT2D eigenvalue weighted by molar-refractivity contribution is 0.112. The maximum absolute atomic E-state index is 10.6. The minimum Gasteiger partial charge on any atom is -0.298 e. The van der Waals surface area contributed by atoms with E-state index in [1.165, 1.54) is 6.07 Å². The van der Waals surface area contributed by atoms with Crippen LogP contribution in [-0.2, 0) is 0 Å². The van der Waals surface area contributed by atoms with Crippen LogP contribution in [0.15, 0.2) is 36.7 Å². The van der Waals surface area contributed by atoms with Crippen LogP contribution < -0.4 is 0 Å². The second kappa shape index (κ2) is 4.19. The lowest BCUT2D eigenvalue weighted by Gasteiger charge is -2.01. The van der Waals surface area contributed by atoms with E-state index in [0.717, 1.165) is 11.8 Å². The standard InChI is InChI=1S/C11H7ClN2O/c12-11-6-8(7-15)5-10(14-11)9-1-3-13-4-2-9/h1-7H. The number of rotatable bonds is 2. The first kappa shape index (κ1) is 9.80. The zero-order chi connectivity index (χ0) is 10.7. The van der Waals surface area contributed by atoms with Crippen molar-refractivity contribution in [2.45, 2.75) is 0 Å². The summed E-state index contributed by atoms with van der Waals surface area (Å²) in [6.45, 7) is 0.